The number of hydrogen-bond acceptors (Lipinski definition) is 5. The van der Waals surface area contributed by atoms with Gasteiger partial charge in [-0.15, -0.1) is 0 Å². The van der Waals surface area contributed by atoms with Crippen molar-refractivity contribution in [2.24, 2.45) is 5.10 Å². The summed E-state index contributed by atoms with van der Waals surface area (Å²) in [6.07, 6.45) is 7.13. The van der Waals surface area contributed by atoms with Gasteiger partial charge in [0, 0.05) is 12.0 Å². The lowest BCUT2D eigenvalue weighted by molar-refractivity contribution is -0.121. The summed E-state index contributed by atoms with van der Waals surface area (Å²) in [6, 6.07) is 14.5. The van der Waals surface area contributed by atoms with Crippen molar-refractivity contribution in [2.45, 2.75) is 50.3 Å². The topological polar surface area (TPSA) is 84.8 Å². The van der Waals surface area contributed by atoms with Crippen molar-refractivity contribution in [3.63, 3.8) is 0 Å². The Morgan fingerprint density at radius 3 is 2.43 bits per heavy atom. The summed E-state index contributed by atoms with van der Waals surface area (Å²) in [5.74, 6) is -0.0213. The molecule has 0 aromatic heterocycles. The van der Waals surface area contributed by atoms with Crippen LogP contribution in [-0.2, 0) is 14.9 Å². The zero-order valence-corrected chi connectivity index (χ0v) is 16.8. The fourth-order valence-corrected chi connectivity index (χ4v) is 3.51. The number of carbonyl (C=O) groups excluding carboxylic acids is 1. The molecular formula is C21H26N2O4S. The lowest BCUT2D eigenvalue weighted by Gasteiger charge is -2.09. The Morgan fingerprint density at radius 2 is 1.68 bits per heavy atom. The number of unbranched alkanes of at least 4 members (excludes halogenated alkanes) is 4. The van der Waals surface area contributed by atoms with Gasteiger partial charge in [0.25, 0.3) is 0 Å². The molecule has 150 valence electrons. The minimum absolute atomic E-state index is 0.0677. The van der Waals surface area contributed by atoms with Crippen LogP contribution >= 0.6 is 0 Å². The van der Waals surface area contributed by atoms with E-state index < -0.39 is 10.1 Å². The van der Waals surface area contributed by atoms with Crippen molar-refractivity contribution < 1.29 is 17.4 Å². The predicted molar refractivity (Wildman–Crippen MR) is 110 cm³/mol. The van der Waals surface area contributed by atoms with Gasteiger partial charge in [0.1, 0.15) is 4.90 Å². The van der Waals surface area contributed by atoms with E-state index in [1.165, 1.54) is 30.8 Å². The molecule has 2 rings (SSSR count). The number of rotatable bonds is 11. The molecule has 0 saturated carbocycles. The number of carbonyl (C=O) groups is 1. The molecule has 28 heavy (non-hydrogen) atoms. The Hall–Kier alpha value is -2.67. The van der Waals surface area contributed by atoms with Gasteiger partial charge in [-0.25, -0.2) is 5.43 Å². The third kappa shape index (κ3) is 7.15. The van der Waals surface area contributed by atoms with Crippen molar-refractivity contribution in [2.75, 3.05) is 0 Å². The van der Waals surface area contributed by atoms with Crippen LogP contribution in [0.5, 0.6) is 5.75 Å². The van der Waals surface area contributed by atoms with E-state index in [4.69, 9.17) is 4.18 Å². The summed E-state index contributed by atoms with van der Waals surface area (Å²) >= 11 is 0. The van der Waals surface area contributed by atoms with Gasteiger partial charge in [0.15, 0.2) is 5.75 Å². The minimum Gasteiger partial charge on any atom is -0.378 e. The first-order valence-corrected chi connectivity index (χ1v) is 10.8. The molecule has 0 aliphatic carbocycles. The van der Waals surface area contributed by atoms with E-state index in [9.17, 15) is 13.2 Å². The molecule has 0 spiro atoms. The molecule has 2 aromatic rings. The molecule has 0 unspecified atom stereocenters. The van der Waals surface area contributed by atoms with Crippen LogP contribution in [0.3, 0.4) is 0 Å². The van der Waals surface area contributed by atoms with E-state index in [0.717, 1.165) is 25.7 Å². The van der Waals surface area contributed by atoms with Gasteiger partial charge in [-0.2, -0.15) is 13.5 Å². The maximum Gasteiger partial charge on any atom is 0.339 e. The van der Waals surface area contributed by atoms with Crippen LogP contribution in [0.4, 0.5) is 0 Å². The van der Waals surface area contributed by atoms with Crippen molar-refractivity contribution in [3.8, 4) is 5.75 Å². The normalized spacial score (nSPS) is 11.5. The van der Waals surface area contributed by atoms with Gasteiger partial charge < -0.3 is 4.18 Å². The van der Waals surface area contributed by atoms with Crippen LogP contribution in [0.1, 0.15) is 51.0 Å². The maximum absolute atomic E-state index is 12.4. The van der Waals surface area contributed by atoms with Gasteiger partial charge in [0.05, 0.1) is 6.21 Å². The summed E-state index contributed by atoms with van der Waals surface area (Å²) < 4.78 is 30.0. The molecule has 0 atom stereocenters. The average Bonchev–Trinajstić information content (AvgIpc) is 2.69. The molecule has 0 aliphatic rings. The van der Waals surface area contributed by atoms with Crippen LogP contribution in [0.2, 0.25) is 0 Å². The number of hydrazone groups is 1. The summed E-state index contributed by atoms with van der Waals surface area (Å²) in [7, 11) is -3.95. The van der Waals surface area contributed by atoms with Crippen LogP contribution in [0, 0.1) is 0 Å². The lowest BCUT2D eigenvalue weighted by Crippen LogP contribution is -2.17. The van der Waals surface area contributed by atoms with E-state index in [1.54, 1.807) is 36.4 Å². The summed E-state index contributed by atoms with van der Waals surface area (Å²) in [5.41, 5.74) is 2.92. The fraction of sp³-hybridized carbons (Fsp3) is 0.333. The largest absolute Gasteiger partial charge is 0.378 e. The second-order valence-electron chi connectivity index (χ2n) is 6.35. The Balaban J connectivity index is 1.95. The average molecular weight is 403 g/mol. The van der Waals surface area contributed by atoms with Crippen molar-refractivity contribution >= 4 is 22.2 Å². The molecule has 1 amide bonds. The monoisotopic (exact) mass is 402 g/mol. The van der Waals surface area contributed by atoms with E-state index in [-0.39, 0.29) is 16.6 Å². The second kappa shape index (κ2) is 11.2. The van der Waals surface area contributed by atoms with Gasteiger partial charge in [0.2, 0.25) is 5.91 Å². The van der Waals surface area contributed by atoms with Gasteiger partial charge in [-0.3, -0.25) is 4.79 Å². The lowest BCUT2D eigenvalue weighted by atomic mass is 10.1. The zero-order valence-electron chi connectivity index (χ0n) is 16.0. The molecule has 0 heterocycles. The number of nitrogens with zero attached hydrogens (tertiary/aromatic N) is 1. The van der Waals surface area contributed by atoms with E-state index in [0.29, 0.717) is 12.0 Å². The quantitative estimate of drug-likeness (QED) is 0.263. The molecule has 0 saturated heterocycles. The highest BCUT2D eigenvalue weighted by atomic mass is 32.2. The van der Waals surface area contributed by atoms with Crippen molar-refractivity contribution in [3.05, 3.63) is 60.2 Å². The SMILES string of the molecule is CCCCCCCC(=O)N/N=C/c1ccccc1OS(=O)(=O)c1ccccc1. The molecule has 6 nitrogen and oxygen atoms in total. The third-order valence-corrected chi connectivity index (χ3v) is 5.30. The Labute approximate surface area is 166 Å². The maximum atomic E-state index is 12.4. The van der Waals surface area contributed by atoms with E-state index >= 15 is 0 Å². The van der Waals surface area contributed by atoms with E-state index in [1.807, 2.05) is 0 Å². The highest BCUT2D eigenvalue weighted by Gasteiger charge is 2.17. The Kier molecular flexibility index (Phi) is 8.68. The molecular weight excluding hydrogens is 376 g/mol. The summed E-state index contributed by atoms with van der Waals surface area (Å²) in [4.78, 5) is 11.9. The number of amides is 1. The number of hydrogen-bond donors (Lipinski definition) is 1. The van der Waals surface area contributed by atoms with Crippen molar-refractivity contribution in [1.82, 2.24) is 5.43 Å². The molecule has 0 aliphatic heterocycles. The smallest absolute Gasteiger partial charge is 0.339 e. The standard InChI is InChI=1S/C21H26N2O4S/c1-2-3-4-5-9-16-21(24)23-22-17-18-12-10-11-15-20(18)27-28(25,26)19-13-7-6-8-14-19/h6-8,10-15,17H,2-5,9,16H2,1H3,(H,23,24)/b22-17+. The van der Waals surface area contributed by atoms with Gasteiger partial charge >= 0.3 is 10.1 Å². The fourth-order valence-electron chi connectivity index (χ4n) is 2.54. The first-order chi connectivity index (χ1) is 13.5. The molecule has 1 N–H and O–H groups in total. The summed E-state index contributed by atoms with van der Waals surface area (Å²) in [5, 5.41) is 3.92. The highest BCUT2D eigenvalue weighted by Crippen LogP contribution is 2.21. The minimum atomic E-state index is -3.95. The molecule has 0 bridgehead atoms. The Bertz CT molecular complexity index is 880. The molecule has 2 aromatic carbocycles. The first-order valence-electron chi connectivity index (χ1n) is 9.43. The van der Waals surface area contributed by atoms with E-state index in [2.05, 4.69) is 17.5 Å². The number of nitrogens with one attached hydrogen (secondary N) is 1. The second-order valence-corrected chi connectivity index (χ2v) is 7.89. The number of benzene rings is 2. The van der Waals surface area contributed by atoms with Crippen LogP contribution in [0.25, 0.3) is 0 Å². The zero-order chi connectivity index (χ0) is 20.2. The number of para-hydroxylation sites is 1. The van der Waals surface area contributed by atoms with Crippen molar-refractivity contribution in [1.29, 1.82) is 0 Å². The Morgan fingerprint density at radius 1 is 1.00 bits per heavy atom. The van der Waals surface area contributed by atoms with Gasteiger partial charge in [-0.1, -0.05) is 62.9 Å². The third-order valence-electron chi connectivity index (χ3n) is 4.05. The van der Waals surface area contributed by atoms with Crippen LogP contribution < -0.4 is 9.61 Å². The molecule has 0 fully saturated rings. The summed E-state index contributed by atoms with van der Waals surface area (Å²) in [6.45, 7) is 2.15. The van der Waals surface area contributed by atoms with Gasteiger partial charge in [-0.05, 0) is 30.7 Å². The predicted octanol–water partition coefficient (Wildman–Crippen LogP) is 4.26. The van der Waals surface area contributed by atoms with Crippen LogP contribution in [-0.4, -0.2) is 20.5 Å². The van der Waals surface area contributed by atoms with Crippen LogP contribution in [0.15, 0.2) is 64.6 Å². The highest BCUT2D eigenvalue weighted by molar-refractivity contribution is 7.87. The first kappa shape index (κ1) is 21.6. The molecule has 0 radical (unpaired) electrons. The molecule has 7 heteroatoms.